The molecular formula is C12H18N2O4S. The number of carboxylic acid groups (broad SMARTS) is 1. The van der Waals surface area contributed by atoms with Crippen molar-refractivity contribution in [1.82, 2.24) is 4.98 Å². The summed E-state index contributed by atoms with van der Waals surface area (Å²) >= 11 is 0. The van der Waals surface area contributed by atoms with Gasteiger partial charge in [0.25, 0.3) is 0 Å². The fourth-order valence-electron chi connectivity index (χ4n) is 1.61. The van der Waals surface area contributed by atoms with Crippen molar-refractivity contribution in [2.45, 2.75) is 30.6 Å². The van der Waals surface area contributed by atoms with Crippen LogP contribution in [0.25, 0.3) is 0 Å². The highest BCUT2D eigenvalue weighted by atomic mass is 32.2. The molecular weight excluding hydrogens is 268 g/mol. The van der Waals surface area contributed by atoms with Gasteiger partial charge in [0.15, 0.2) is 9.84 Å². The van der Waals surface area contributed by atoms with Crippen molar-refractivity contribution in [1.29, 1.82) is 0 Å². The molecule has 7 heteroatoms. The zero-order valence-corrected chi connectivity index (χ0v) is 11.6. The largest absolute Gasteiger partial charge is 0.481 e. The Kier molecular flexibility index (Phi) is 5.75. The van der Waals surface area contributed by atoms with Gasteiger partial charge in [-0.1, -0.05) is 6.42 Å². The van der Waals surface area contributed by atoms with Gasteiger partial charge in [0.2, 0.25) is 0 Å². The minimum Gasteiger partial charge on any atom is -0.481 e. The van der Waals surface area contributed by atoms with Gasteiger partial charge in [-0.15, -0.1) is 0 Å². The predicted molar refractivity (Wildman–Crippen MR) is 71.9 cm³/mol. The van der Waals surface area contributed by atoms with Gasteiger partial charge >= 0.3 is 5.97 Å². The number of rotatable bonds is 8. The first-order valence-electron chi connectivity index (χ1n) is 6.02. The second kappa shape index (κ2) is 7.08. The number of nitrogens with zero attached hydrogens (tertiary/aromatic N) is 1. The van der Waals surface area contributed by atoms with Crippen molar-refractivity contribution >= 4 is 21.6 Å². The third kappa shape index (κ3) is 5.69. The van der Waals surface area contributed by atoms with E-state index in [4.69, 9.17) is 5.11 Å². The summed E-state index contributed by atoms with van der Waals surface area (Å²) in [6, 6.07) is 3.09. The normalized spacial score (nSPS) is 11.2. The average Bonchev–Trinajstić information content (AvgIpc) is 2.32. The average molecular weight is 286 g/mol. The standard InChI is InChI=1S/C12H18N2O4S/c1-19(17,18)10-6-5-9-14-12(10)13-8-4-2-3-7-11(15)16/h5-6,9H,2-4,7-8H2,1H3,(H,13,14)(H,15,16). The van der Waals surface area contributed by atoms with Crippen LogP contribution in [0.15, 0.2) is 23.2 Å². The van der Waals surface area contributed by atoms with E-state index in [1.807, 2.05) is 0 Å². The van der Waals surface area contributed by atoms with Crippen LogP contribution >= 0.6 is 0 Å². The van der Waals surface area contributed by atoms with Crippen LogP contribution in [0.1, 0.15) is 25.7 Å². The number of hydrogen-bond donors (Lipinski definition) is 2. The zero-order valence-electron chi connectivity index (χ0n) is 10.8. The molecule has 19 heavy (non-hydrogen) atoms. The number of aromatic nitrogens is 1. The monoisotopic (exact) mass is 286 g/mol. The molecule has 1 aromatic rings. The fourth-order valence-corrected chi connectivity index (χ4v) is 2.41. The molecule has 2 N–H and O–H groups in total. The lowest BCUT2D eigenvalue weighted by atomic mass is 10.2. The van der Waals surface area contributed by atoms with Gasteiger partial charge in [0.1, 0.15) is 10.7 Å². The molecule has 0 aliphatic heterocycles. The highest BCUT2D eigenvalue weighted by Crippen LogP contribution is 2.17. The van der Waals surface area contributed by atoms with Crippen molar-refractivity contribution < 1.29 is 18.3 Å². The van der Waals surface area contributed by atoms with Gasteiger partial charge in [-0.05, 0) is 25.0 Å². The molecule has 0 fully saturated rings. The summed E-state index contributed by atoms with van der Waals surface area (Å²) in [5, 5.41) is 11.5. The number of anilines is 1. The summed E-state index contributed by atoms with van der Waals surface area (Å²) in [4.78, 5) is 14.5. The second-order valence-corrected chi connectivity index (χ2v) is 6.24. The van der Waals surface area contributed by atoms with E-state index in [1.165, 1.54) is 12.3 Å². The maximum absolute atomic E-state index is 11.5. The van der Waals surface area contributed by atoms with E-state index in [0.717, 1.165) is 19.1 Å². The number of nitrogens with one attached hydrogen (secondary N) is 1. The van der Waals surface area contributed by atoms with Crippen LogP contribution in [-0.4, -0.2) is 37.3 Å². The maximum atomic E-state index is 11.5. The van der Waals surface area contributed by atoms with Gasteiger partial charge in [0.05, 0.1) is 0 Å². The first-order valence-corrected chi connectivity index (χ1v) is 7.91. The number of unbranched alkanes of at least 4 members (excludes halogenated alkanes) is 2. The van der Waals surface area contributed by atoms with E-state index >= 15 is 0 Å². The number of pyridine rings is 1. The zero-order chi connectivity index (χ0) is 14.3. The molecule has 0 amide bonds. The third-order valence-electron chi connectivity index (χ3n) is 2.53. The Morgan fingerprint density at radius 1 is 1.37 bits per heavy atom. The van der Waals surface area contributed by atoms with E-state index in [9.17, 15) is 13.2 Å². The van der Waals surface area contributed by atoms with Crippen molar-refractivity contribution in [3.63, 3.8) is 0 Å². The van der Waals surface area contributed by atoms with Crippen LogP contribution < -0.4 is 5.32 Å². The molecule has 0 aliphatic rings. The summed E-state index contributed by atoms with van der Waals surface area (Å²) in [7, 11) is -3.29. The van der Waals surface area contributed by atoms with Gasteiger partial charge in [-0.2, -0.15) is 0 Å². The Morgan fingerprint density at radius 3 is 2.74 bits per heavy atom. The molecule has 0 saturated heterocycles. The SMILES string of the molecule is CS(=O)(=O)c1cccnc1NCCCCCC(=O)O. The lowest BCUT2D eigenvalue weighted by Gasteiger charge is -2.09. The molecule has 0 atom stereocenters. The van der Waals surface area contributed by atoms with E-state index in [-0.39, 0.29) is 11.3 Å². The lowest BCUT2D eigenvalue weighted by molar-refractivity contribution is -0.137. The number of carbonyl (C=O) groups is 1. The molecule has 0 saturated carbocycles. The van der Waals surface area contributed by atoms with E-state index < -0.39 is 15.8 Å². The van der Waals surface area contributed by atoms with Crippen molar-refractivity contribution in [3.05, 3.63) is 18.3 Å². The molecule has 1 heterocycles. The van der Waals surface area contributed by atoms with Crippen LogP contribution in [0, 0.1) is 0 Å². The third-order valence-corrected chi connectivity index (χ3v) is 3.66. The van der Waals surface area contributed by atoms with Gasteiger partial charge < -0.3 is 10.4 Å². The molecule has 0 aliphatic carbocycles. The highest BCUT2D eigenvalue weighted by molar-refractivity contribution is 7.90. The number of aliphatic carboxylic acids is 1. The number of hydrogen-bond acceptors (Lipinski definition) is 5. The van der Waals surface area contributed by atoms with Gasteiger partial charge in [-0.3, -0.25) is 4.79 Å². The Morgan fingerprint density at radius 2 is 2.11 bits per heavy atom. The van der Waals surface area contributed by atoms with Crippen LogP contribution in [0.2, 0.25) is 0 Å². The maximum Gasteiger partial charge on any atom is 0.303 e. The molecule has 6 nitrogen and oxygen atoms in total. The first-order chi connectivity index (χ1) is 8.91. The Hall–Kier alpha value is -1.63. The van der Waals surface area contributed by atoms with Crippen LogP contribution in [0.4, 0.5) is 5.82 Å². The lowest BCUT2D eigenvalue weighted by Crippen LogP contribution is -2.09. The number of sulfone groups is 1. The quantitative estimate of drug-likeness (QED) is 0.704. The van der Waals surface area contributed by atoms with Crippen molar-refractivity contribution in [3.8, 4) is 0 Å². The Labute approximate surface area is 112 Å². The van der Waals surface area contributed by atoms with Crippen LogP contribution in [0.3, 0.4) is 0 Å². The second-order valence-electron chi connectivity index (χ2n) is 4.25. The summed E-state index contributed by atoms with van der Waals surface area (Å²) in [6.45, 7) is 0.569. The first kappa shape index (κ1) is 15.4. The molecule has 0 aromatic carbocycles. The minimum absolute atomic E-state index is 0.165. The molecule has 1 rings (SSSR count). The van der Waals surface area contributed by atoms with Crippen LogP contribution in [-0.2, 0) is 14.6 Å². The predicted octanol–water partition coefficient (Wildman–Crippen LogP) is 1.54. The van der Waals surface area contributed by atoms with Gasteiger partial charge in [-0.25, -0.2) is 13.4 Å². The summed E-state index contributed by atoms with van der Waals surface area (Å²) in [5.74, 6) is -0.444. The van der Waals surface area contributed by atoms with Gasteiger partial charge in [0, 0.05) is 25.4 Å². The fraction of sp³-hybridized carbons (Fsp3) is 0.500. The van der Waals surface area contributed by atoms with Crippen LogP contribution in [0.5, 0.6) is 0 Å². The van der Waals surface area contributed by atoms with E-state index in [0.29, 0.717) is 18.8 Å². The molecule has 0 bridgehead atoms. The molecule has 0 radical (unpaired) electrons. The van der Waals surface area contributed by atoms with E-state index in [2.05, 4.69) is 10.3 Å². The Bertz CT molecular complexity index is 528. The summed E-state index contributed by atoms with van der Waals surface area (Å²) < 4.78 is 23.0. The number of carboxylic acids is 1. The summed E-state index contributed by atoms with van der Waals surface area (Å²) in [5.41, 5.74) is 0. The molecule has 1 aromatic heterocycles. The van der Waals surface area contributed by atoms with Crippen molar-refractivity contribution in [2.75, 3.05) is 18.1 Å². The topological polar surface area (TPSA) is 96.4 Å². The smallest absolute Gasteiger partial charge is 0.303 e. The summed E-state index contributed by atoms with van der Waals surface area (Å²) in [6.07, 6.45) is 5.01. The Balaban J connectivity index is 2.44. The molecule has 0 spiro atoms. The minimum atomic E-state index is -3.29. The molecule has 0 unspecified atom stereocenters. The highest BCUT2D eigenvalue weighted by Gasteiger charge is 2.13. The van der Waals surface area contributed by atoms with E-state index in [1.54, 1.807) is 6.07 Å². The molecule has 106 valence electrons. The van der Waals surface area contributed by atoms with Crippen molar-refractivity contribution in [2.24, 2.45) is 0 Å².